The SMILES string of the molecule is CN1CCN(c2ccc(Nc3nccc(NC4CCCCCC4)n3)cc2)CC1. The van der Waals surface area contributed by atoms with Crippen molar-refractivity contribution in [2.24, 2.45) is 0 Å². The van der Waals surface area contributed by atoms with E-state index in [0.29, 0.717) is 12.0 Å². The molecular weight excluding hydrogens is 348 g/mol. The van der Waals surface area contributed by atoms with Gasteiger partial charge in [-0.25, -0.2) is 4.98 Å². The first-order valence-corrected chi connectivity index (χ1v) is 10.7. The van der Waals surface area contributed by atoms with Crippen molar-refractivity contribution in [2.45, 2.75) is 44.6 Å². The minimum atomic E-state index is 0.535. The minimum absolute atomic E-state index is 0.535. The third-order valence-corrected chi connectivity index (χ3v) is 5.85. The number of nitrogens with one attached hydrogen (secondary N) is 2. The van der Waals surface area contributed by atoms with E-state index in [-0.39, 0.29) is 0 Å². The Hall–Kier alpha value is -2.34. The van der Waals surface area contributed by atoms with Crippen LogP contribution in [0, 0.1) is 0 Å². The molecule has 1 aromatic carbocycles. The fourth-order valence-corrected chi connectivity index (χ4v) is 4.08. The van der Waals surface area contributed by atoms with Crippen molar-refractivity contribution in [3.8, 4) is 0 Å². The number of likely N-dealkylation sites (N-methyl/N-ethyl adjacent to an activating group) is 1. The highest BCUT2D eigenvalue weighted by Gasteiger charge is 2.15. The van der Waals surface area contributed by atoms with Crippen molar-refractivity contribution in [1.82, 2.24) is 14.9 Å². The standard InChI is InChI=1S/C22H32N6/c1-27-14-16-28(17-15-27)20-10-8-19(9-11-20)25-22-23-13-12-21(26-22)24-18-6-4-2-3-5-7-18/h8-13,18H,2-7,14-17H2,1H3,(H2,23,24,25,26). The van der Waals surface area contributed by atoms with Crippen LogP contribution in [0.4, 0.5) is 23.1 Å². The summed E-state index contributed by atoms with van der Waals surface area (Å²) in [6.07, 6.45) is 9.65. The van der Waals surface area contributed by atoms with Crippen molar-refractivity contribution < 1.29 is 0 Å². The van der Waals surface area contributed by atoms with Crippen LogP contribution in [0.15, 0.2) is 36.5 Å². The van der Waals surface area contributed by atoms with Crippen LogP contribution in [0.1, 0.15) is 38.5 Å². The second kappa shape index (κ2) is 9.24. The third kappa shape index (κ3) is 5.13. The van der Waals surface area contributed by atoms with Gasteiger partial charge in [0.2, 0.25) is 5.95 Å². The van der Waals surface area contributed by atoms with Crippen molar-refractivity contribution in [3.05, 3.63) is 36.5 Å². The maximum Gasteiger partial charge on any atom is 0.229 e. The predicted molar refractivity (Wildman–Crippen MR) is 117 cm³/mol. The van der Waals surface area contributed by atoms with Gasteiger partial charge in [0.15, 0.2) is 0 Å². The van der Waals surface area contributed by atoms with Gasteiger partial charge in [-0.15, -0.1) is 0 Å². The van der Waals surface area contributed by atoms with Gasteiger partial charge >= 0.3 is 0 Å². The molecule has 1 aromatic heterocycles. The summed E-state index contributed by atoms with van der Waals surface area (Å²) in [6, 6.07) is 11.1. The van der Waals surface area contributed by atoms with E-state index in [0.717, 1.165) is 37.7 Å². The van der Waals surface area contributed by atoms with Gasteiger partial charge in [-0.05, 0) is 50.2 Å². The molecule has 2 N–H and O–H groups in total. The quantitative estimate of drug-likeness (QED) is 0.762. The molecule has 0 bridgehead atoms. The number of nitrogens with zero attached hydrogens (tertiary/aromatic N) is 4. The van der Waals surface area contributed by atoms with E-state index in [2.05, 4.69) is 61.7 Å². The second-order valence-corrected chi connectivity index (χ2v) is 8.06. The molecule has 6 nitrogen and oxygen atoms in total. The second-order valence-electron chi connectivity index (χ2n) is 8.06. The van der Waals surface area contributed by atoms with Crippen LogP contribution >= 0.6 is 0 Å². The summed E-state index contributed by atoms with van der Waals surface area (Å²) in [5, 5.41) is 6.94. The lowest BCUT2D eigenvalue weighted by Crippen LogP contribution is -2.44. The molecule has 2 heterocycles. The molecule has 0 unspecified atom stereocenters. The molecule has 0 amide bonds. The highest BCUT2D eigenvalue weighted by molar-refractivity contribution is 5.60. The van der Waals surface area contributed by atoms with Gasteiger partial charge in [0.25, 0.3) is 0 Å². The Morgan fingerprint density at radius 3 is 2.32 bits per heavy atom. The summed E-state index contributed by atoms with van der Waals surface area (Å²) in [5.74, 6) is 1.56. The fourth-order valence-electron chi connectivity index (χ4n) is 4.08. The molecular formula is C22H32N6. The Labute approximate surface area is 168 Å². The normalized spacial score (nSPS) is 19.2. The molecule has 1 saturated carbocycles. The van der Waals surface area contributed by atoms with E-state index in [9.17, 15) is 0 Å². The van der Waals surface area contributed by atoms with Crippen LogP contribution in [0.25, 0.3) is 0 Å². The van der Waals surface area contributed by atoms with Crippen molar-refractivity contribution >= 4 is 23.1 Å². The van der Waals surface area contributed by atoms with Crippen LogP contribution in [-0.4, -0.2) is 54.1 Å². The molecule has 1 saturated heterocycles. The van der Waals surface area contributed by atoms with Crippen molar-refractivity contribution in [3.63, 3.8) is 0 Å². The zero-order valence-electron chi connectivity index (χ0n) is 16.9. The van der Waals surface area contributed by atoms with Gasteiger partial charge in [-0.3, -0.25) is 0 Å². The summed E-state index contributed by atoms with van der Waals surface area (Å²) in [4.78, 5) is 13.9. The first-order chi connectivity index (χ1) is 13.8. The molecule has 1 aliphatic carbocycles. The highest BCUT2D eigenvalue weighted by Crippen LogP contribution is 2.23. The van der Waals surface area contributed by atoms with Gasteiger partial charge in [-0.2, -0.15) is 4.98 Å². The van der Waals surface area contributed by atoms with E-state index >= 15 is 0 Å². The Bertz CT molecular complexity index is 731. The van der Waals surface area contributed by atoms with E-state index in [1.165, 1.54) is 44.2 Å². The maximum atomic E-state index is 4.66. The summed E-state index contributed by atoms with van der Waals surface area (Å²) >= 11 is 0. The van der Waals surface area contributed by atoms with Crippen LogP contribution in [0.2, 0.25) is 0 Å². The number of benzene rings is 1. The first kappa shape index (κ1) is 19.0. The number of aromatic nitrogens is 2. The lowest BCUT2D eigenvalue weighted by molar-refractivity contribution is 0.313. The van der Waals surface area contributed by atoms with Gasteiger partial charge < -0.3 is 20.4 Å². The Balaban J connectivity index is 1.36. The molecule has 2 aliphatic rings. The largest absolute Gasteiger partial charge is 0.369 e. The summed E-state index contributed by atoms with van der Waals surface area (Å²) < 4.78 is 0. The number of anilines is 4. The van der Waals surface area contributed by atoms with Crippen molar-refractivity contribution in [2.75, 3.05) is 48.8 Å². The van der Waals surface area contributed by atoms with E-state index < -0.39 is 0 Å². The average molecular weight is 381 g/mol. The monoisotopic (exact) mass is 380 g/mol. The van der Waals surface area contributed by atoms with E-state index in [1.54, 1.807) is 0 Å². The highest BCUT2D eigenvalue weighted by atomic mass is 15.2. The topological polar surface area (TPSA) is 56.3 Å². The first-order valence-electron chi connectivity index (χ1n) is 10.7. The van der Waals surface area contributed by atoms with Gasteiger partial charge in [-0.1, -0.05) is 25.7 Å². The van der Waals surface area contributed by atoms with Gasteiger partial charge in [0.05, 0.1) is 0 Å². The van der Waals surface area contributed by atoms with Crippen LogP contribution in [0.3, 0.4) is 0 Å². The Morgan fingerprint density at radius 2 is 1.61 bits per heavy atom. The minimum Gasteiger partial charge on any atom is -0.369 e. The molecule has 28 heavy (non-hydrogen) atoms. The predicted octanol–water partition coefficient (Wildman–Crippen LogP) is 4.11. The molecule has 2 fully saturated rings. The molecule has 150 valence electrons. The Kier molecular flexibility index (Phi) is 6.27. The smallest absolute Gasteiger partial charge is 0.229 e. The number of rotatable bonds is 5. The van der Waals surface area contributed by atoms with E-state index in [4.69, 9.17) is 0 Å². The lowest BCUT2D eigenvalue weighted by atomic mass is 10.1. The van der Waals surface area contributed by atoms with Gasteiger partial charge in [0.1, 0.15) is 5.82 Å². The van der Waals surface area contributed by atoms with Crippen LogP contribution in [-0.2, 0) is 0 Å². The maximum absolute atomic E-state index is 4.66. The fraction of sp³-hybridized carbons (Fsp3) is 0.545. The number of hydrogen-bond acceptors (Lipinski definition) is 6. The van der Waals surface area contributed by atoms with E-state index in [1.807, 2.05) is 12.3 Å². The molecule has 1 aliphatic heterocycles. The third-order valence-electron chi connectivity index (χ3n) is 5.85. The van der Waals surface area contributed by atoms with Crippen LogP contribution < -0.4 is 15.5 Å². The summed E-state index contributed by atoms with van der Waals surface area (Å²) in [7, 11) is 2.18. The summed E-state index contributed by atoms with van der Waals surface area (Å²) in [5.41, 5.74) is 2.30. The molecule has 2 aromatic rings. The zero-order valence-corrected chi connectivity index (χ0v) is 16.9. The zero-order chi connectivity index (χ0) is 19.2. The molecule has 6 heteroatoms. The van der Waals surface area contributed by atoms with Gasteiger partial charge in [0, 0.05) is 49.8 Å². The molecule has 0 spiro atoms. The lowest BCUT2D eigenvalue weighted by Gasteiger charge is -2.34. The summed E-state index contributed by atoms with van der Waals surface area (Å²) in [6.45, 7) is 4.41. The molecule has 4 rings (SSSR count). The number of hydrogen-bond donors (Lipinski definition) is 2. The molecule has 0 radical (unpaired) electrons. The number of piperazine rings is 1. The average Bonchev–Trinajstić information content (AvgIpc) is 2.98. The molecule has 0 atom stereocenters. The van der Waals surface area contributed by atoms with Crippen LogP contribution in [0.5, 0.6) is 0 Å². The van der Waals surface area contributed by atoms with Crippen molar-refractivity contribution in [1.29, 1.82) is 0 Å². The Morgan fingerprint density at radius 1 is 0.893 bits per heavy atom.